The number of rotatable bonds is 1. The van der Waals surface area contributed by atoms with Crippen LogP contribution in [0.1, 0.15) is 16.8 Å². The zero-order valence-corrected chi connectivity index (χ0v) is 12.2. The maximum atomic E-state index is 12.8. The summed E-state index contributed by atoms with van der Waals surface area (Å²) in [5, 5.41) is 0. The van der Waals surface area contributed by atoms with E-state index in [0.717, 1.165) is 10.9 Å². The molecule has 1 atom stereocenters. The first kappa shape index (κ1) is 13.1. The second-order valence-electron chi connectivity index (χ2n) is 5.02. The molecular formula is C14H16BrNO3. The maximum Gasteiger partial charge on any atom is 0.255 e. The standard InChI is InChI=1S/C14H16BrNO3/c15-12-4-2-1-3-11(12)13(17)16-6-8-19-10-14(16)5-7-18-9-14/h1-4H,5-10H2/t14-/m1/s1. The van der Waals surface area contributed by atoms with E-state index in [-0.39, 0.29) is 11.4 Å². The first-order valence-electron chi connectivity index (χ1n) is 6.45. The van der Waals surface area contributed by atoms with E-state index >= 15 is 0 Å². The molecule has 0 saturated carbocycles. The van der Waals surface area contributed by atoms with E-state index in [4.69, 9.17) is 9.47 Å². The number of amides is 1. The van der Waals surface area contributed by atoms with Crippen molar-refractivity contribution < 1.29 is 14.3 Å². The molecule has 4 nitrogen and oxygen atoms in total. The van der Waals surface area contributed by atoms with Crippen LogP contribution in [-0.2, 0) is 9.47 Å². The zero-order chi connectivity index (χ0) is 13.3. The summed E-state index contributed by atoms with van der Waals surface area (Å²) in [6.45, 7) is 3.07. The van der Waals surface area contributed by atoms with Gasteiger partial charge in [0.2, 0.25) is 0 Å². The first-order valence-corrected chi connectivity index (χ1v) is 7.24. The Morgan fingerprint density at radius 2 is 1.95 bits per heavy atom. The van der Waals surface area contributed by atoms with Crippen LogP contribution in [0.2, 0.25) is 0 Å². The molecule has 2 saturated heterocycles. The number of morpholine rings is 1. The Balaban J connectivity index is 1.91. The van der Waals surface area contributed by atoms with Gasteiger partial charge in [-0.25, -0.2) is 0 Å². The Labute approximate surface area is 120 Å². The fourth-order valence-electron chi connectivity index (χ4n) is 2.75. The molecule has 1 amide bonds. The molecule has 2 aliphatic heterocycles. The Bertz CT molecular complexity index is 485. The lowest BCUT2D eigenvalue weighted by molar-refractivity contribution is -0.0551. The molecule has 0 radical (unpaired) electrons. The van der Waals surface area contributed by atoms with Gasteiger partial charge in [-0.1, -0.05) is 12.1 Å². The van der Waals surface area contributed by atoms with Crippen molar-refractivity contribution in [2.75, 3.05) is 33.0 Å². The number of carbonyl (C=O) groups is 1. The van der Waals surface area contributed by atoms with Crippen LogP contribution in [0, 0.1) is 0 Å². The van der Waals surface area contributed by atoms with Crippen molar-refractivity contribution in [2.24, 2.45) is 0 Å². The molecular weight excluding hydrogens is 310 g/mol. The van der Waals surface area contributed by atoms with Crippen molar-refractivity contribution >= 4 is 21.8 Å². The van der Waals surface area contributed by atoms with Crippen LogP contribution < -0.4 is 0 Å². The van der Waals surface area contributed by atoms with E-state index in [1.807, 2.05) is 29.2 Å². The molecule has 2 fully saturated rings. The van der Waals surface area contributed by atoms with Crippen molar-refractivity contribution in [3.8, 4) is 0 Å². The number of nitrogens with zero attached hydrogens (tertiary/aromatic N) is 1. The van der Waals surface area contributed by atoms with Gasteiger partial charge < -0.3 is 14.4 Å². The summed E-state index contributed by atoms with van der Waals surface area (Å²) in [4.78, 5) is 14.7. The molecule has 19 heavy (non-hydrogen) atoms. The topological polar surface area (TPSA) is 38.8 Å². The SMILES string of the molecule is O=C(c1ccccc1Br)N1CCOC[C@]12CCOC2. The number of hydrogen-bond donors (Lipinski definition) is 0. The highest BCUT2D eigenvalue weighted by molar-refractivity contribution is 9.10. The van der Waals surface area contributed by atoms with Gasteiger partial charge in [-0.2, -0.15) is 0 Å². The van der Waals surface area contributed by atoms with Crippen molar-refractivity contribution in [3.05, 3.63) is 34.3 Å². The predicted molar refractivity (Wildman–Crippen MR) is 74.2 cm³/mol. The highest BCUT2D eigenvalue weighted by Crippen LogP contribution is 2.31. The molecule has 102 valence electrons. The number of halogens is 1. The van der Waals surface area contributed by atoms with Crippen LogP contribution in [0.4, 0.5) is 0 Å². The summed E-state index contributed by atoms with van der Waals surface area (Å²) in [7, 11) is 0. The van der Waals surface area contributed by atoms with Gasteiger partial charge in [0, 0.05) is 17.6 Å². The summed E-state index contributed by atoms with van der Waals surface area (Å²) < 4.78 is 11.9. The van der Waals surface area contributed by atoms with E-state index in [1.54, 1.807) is 0 Å². The summed E-state index contributed by atoms with van der Waals surface area (Å²) in [5.41, 5.74) is 0.431. The second kappa shape index (κ2) is 5.23. The number of ether oxygens (including phenoxy) is 2. The lowest BCUT2D eigenvalue weighted by Crippen LogP contribution is -2.59. The minimum atomic E-state index is -0.273. The van der Waals surface area contributed by atoms with Crippen LogP contribution >= 0.6 is 15.9 Å². The molecule has 0 bridgehead atoms. The predicted octanol–water partition coefficient (Wildman–Crippen LogP) is 2.08. The zero-order valence-electron chi connectivity index (χ0n) is 10.6. The largest absolute Gasteiger partial charge is 0.379 e. The van der Waals surface area contributed by atoms with Gasteiger partial charge in [-0.05, 0) is 34.5 Å². The van der Waals surface area contributed by atoms with Crippen LogP contribution in [0.3, 0.4) is 0 Å². The average Bonchev–Trinajstić information content (AvgIpc) is 2.88. The molecule has 0 unspecified atom stereocenters. The fourth-order valence-corrected chi connectivity index (χ4v) is 3.21. The van der Waals surface area contributed by atoms with Gasteiger partial charge in [-0.3, -0.25) is 4.79 Å². The van der Waals surface area contributed by atoms with Gasteiger partial charge in [0.15, 0.2) is 0 Å². The number of benzene rings is 1. The summed E-state index contributed by atoms with van der Waals surface area (Å²) in [6, 6.07) is 7.54. The molecule has 1 aromatic carbocycles. The van der Waals surface area contributed by atoms with Gasteiger partial charge in [0.05, 0.1) is 30.9 Å². The van der Waals surface area contributed by atoms with E-state index in [2.05, 4.69) is 15.9 Å². The number of carbonyl (C=O) groups excluding carboxylic acids is 1. The smallest absolute Gasteiger partial charge is 0.255 e. The van der Waals surface area contributed by atoms with Crippen molar-refractivity contribution in [1.82, 2.24) is 4.90 Å². The van der Waals surface area contributed by atoms with Crippen molar-refractivity contribution in [1.29, 1.82) is 0 Å². The number of hydrogen-bond acceptors (Lipinski definition) is 3. The Hall–Kier alpha value is -0.910. The van der Waals surface area contributed by atoms with Gasteiger partial charge >= 0.3 is 0 Å². The van der Waals surface area contributed by atoms with E-state index < -0.39 is 0 Å². The van der Waals surface area contributed by atoms with E-state index in [9.17, 15) is 4.79 Å². The lowest BCUT2D eigenvalue weighted by Gasteiger charge is -2.43. The Kier molecular flexibility index (Phi) is 3.60. The normalized spacial score (nSPS) is 26.9. The third-order valence-electron chi connectivity index (χ3n) is 3.83. The van der Waals surface area contributed by atoms with Crippen LogP contribution in [0.5, 0.6) is 0 Å². The third-order valence-corrected chi connectivity index (χ3v) is 4.53. The van der Waals surface area contributed by atoms with E-state index in [1.165, 1.54) is 0 Å². The fraction of sp³-hybridized carbons (Fsp3) is 0.500. The molecule has 2 aliphatic rings. The van der Waals surface area contributed by atoms with Gasteiger partial charge in [-0.15, -0.1) is 0 Å². The molecule has 5 heteroatoms. The van der Waals surface area contributed by atoms with Crippen molar-refractivity contribution in [3.63, 3.8) is 0 Å². The molecule has 3 rings (SSSR count). The second-order valence-corrected chi connectivity index (χ2v) is 5.87. The first-order chi connectivity index (χ1) is 9.23. The molecule has 0 aromatic heterocycles. The minimum Gasteiger partial charge on any atom is -0.379 e. The third kappa shape index (κ3) is 2.30. The highest BCUT2D eigenvalue weighted by Gasteiger charge is 2.45. The lowest BCUT2D eigenvalue weighted by atomic mass is 9.95. The van der Waals surface area contributed by atoms with Gasteiger partial charge in [0.1, 0.15) is 0 Å². The van der Waals surface area contributed by atoms with Crippen LogP contribution in [0.25, 0.3) is 0 Å². The van der Waals surface area contributed by atoms with E-state index in [0.29, 0.717) is 38.5 Å². The molecule has 2 heterocycles. The molecule has 1 aromatic rings. The minimum absolute atomic E-state index is 0.0567. The molecule has 0 N–H and O–H groups in total. The quantitative estimate of drug-likeness (QED) is 0.793. The Morgan fingerprint density at radius 1 is 1.21 bits per heavy atom. The summed E-state index contributed by atoms with van der Waals surface area (Å²) in [6.07, 6.45) is 0.850. The summed E-state index contributed by atoms with van der Waals surface area (Å²) in [5.74, 6) is 0.0567. The molecule has 0 aliphatic carbocycles. The van der Waals surface area contributed by atoms with Crippen LogP contribution in [-0.4, -0.2) is 49.3 Å². The Morgan fingerprint density at radius 3 is 2.68 bits per heavy atom. The monoisotopic (exact) mass is 325 g/mol. The molecule has 1 spiro atoms. The maximum absolute atomic E-state index is 12.8. The van der Waals surface area contributed by atoms with Gasteiger partial charge in [0.25, 0.3) is 5.91 Å². The van der Waals surface area contributed by atoms with Crippen LogP contribution in [0.15, 0.2) is 28.7 Å². The average molecular weight is 326 g/mol. The van der Waals surface area contributed by atoms with Crippen molar-refractivity contribution in [2.45, 2.75) is 12.0 Å². The summed E-state index contributed by atoms with van der Waals surface area (Å²) >= 11 is 3.45. The highest BCUT2D eigenvalue weighted by atomic mass is 79.9.